The summed E-state index contributed by atoms with van der Waals surface area (Å²) in [6, 6.07) is 11.1. The lowest BCUT2D eigenvalue weighted by atomic mass is 9.48. The van der Waals surface area contributed by atoms with Gasteiger partial charge in [0.05, 0.1) is 0 Å². The van der Waals surface area contributed by atoms with Gasteiger partial charge in [-0.15, -0.1) is 0 Å². The normalized spacial score (nSPS) is 29.4. The third kappa shape index (κ3) is 0.979. The van der Waals surface area contributed by atoms with Crippen LogP contribution in [0.4, 0.5) is 0 Å². The van der Waals surface area contributed by atoms with Crippen molar-refractivity contribution in [3.63, 3.8) is 0 Å². The van der Waals surface area contributed by atoms with Crippen LogP contribution in [0, 0.1) is 5.41 Å². The quantitative estimate of drug-likeness (QED) is 0.605. The van der Waals surface area contributed by atoms with E-state index in [4.69, 9.17) is 0 Å². The molecular formula is C13H16. The summed E-state index contributed by atoms with van der Waals surface area (Å²) in [7, 11) is 0. The van der Waals surface area contributed by atoms with Gasteiger partial charge in [-0.3, -0.25) is 0 Å². The smallest absolute Gasteiger partial charge is 0.0105 e. The molecule has 0 aliphatic heterocycles. The zero-order valence-corrected chi connectivity index (χ0v) is 8.00. The molecule has 2 aliphatic rings. The van der Waals surface area contributed by atoms with E-state index in [1.165, 1.54) is 32.1 Å². The Morgan fingerprint density at radius 2 is 1.77 bits per heavy atom. The van der Waals surface area contributed by atoms with E-state index in [0.717, 1.165) is 11.3 Å². The van der Waals surface area contributed by atoms with Gasteiger partial charge in [0.2, 0.25) is 0 Å². The van der Waals surface area contributed by atoms with E-state index in [0.29, 0.717) is 0 Å². The highest BCUT2D eigenvalue weighted by Gasteiger charge is 2.50. The average molecular weight is 172 g/mol. The Labute approximate surface area is 80.0 Å². The molecule has 0 heteroatoms. The van der Waals surface area contributed by atoms with E-state index in [-0.39, 0.29) is 0 Å². The summed E-state index contributed by atoms with van der Waals surface area (Å²) < 4.78 is 0. The maximum absolute atomic E-state index is 2.31. The fraction of sp³-hybridized carbons (Fsp3) is 0.538. The summed E-state index contributed by atoms with van der Waals surface area (Å²) in [5.41, 5.74) is 2.36. The maximum atomic E-state index is 2.31. The highest BCUT2D eigenvalue weighted by atomic mass is 14.5. The van der Waals surface area contributed by atoms with Crippen molar-refractivity contribution in [2.24, 2.45) is 5.41 Å². The van der Waals surface area contributed by atoms with Gasteiger partial charge >= 0.3 is 0 Å². The molecule has 1 aromatic carbocycles. The lowest BCUT2D eigenvalue weighted by Crippen LogP contribution is -2.43. The van der Waals surface area contributed by atoms with Crippen LogP contribution in [-0.4, -0.2) is 0 Å². The van der Waals surface area contributed by atoms with E-state index in [1.54, 1.807) is 5.56 Å². The van der Waals surface area contributed by atoms with Crippen molar-refractivity contribution in [3.8, 4) is 0 Å². The predicted octanol–water partition coefficient (Wildman–Crippen LogP) is 3.73. The van der Waals surface area contributed by atoms with Crippen LogP contribution in [-0.2, 0) is 0 Å². The molecule has 2 aliphatic carbocycles. The van der Waals surface area contributed by atoms with Crippen molar-refractivity contribution in [1.82, 2.24) is 0 Å². The molecule has 0 aromatic heterocycles. The molecule has 0 N–H and O–H groups in total. The van der Waals surface area contributed by atoms with E-state index < -0.39 is 0 Å². The van der Waals surface area contributed by atoms with Crippen molar-refractivity contribution in [2.75, 3.05) is 0 Å². The molecule has 0 amide bonds. The largest absolute Gasteiger partial charge is 0.0622 e. The SMILES string of the molecule is c1ccc(C2CCC23CCC3)cc1. The topological polar surface area (TPSA) is 0 Å². The van der Waals surface area contributed by atoms with Crippen molar-refractivity contribution < 1.29 is 0 Å². The Balaban J connectivity index is 1.87. The summed E-state index contributed by atoms with van der Waals surface area (Å²) >= 11 is 0. The first-order chi connectivity index (χ1) is 6.41. The Bertz CT molecular complexity index is 290. The number of hydrogen-bond donors (Lipinski definition) is 0. The lowest BCUT2D eigenvalue weighted by molar-refractivity contribution is -0.00197. The van der Waals surface area contributed by atoms with Crippen LogP contribution >= 0.6 is 0 Å². The Morgan fingerprint density at radius 1 is 1.00 bits per heavy atom. The summed E-state index contributed by atoms with van der Waals surface area (Å²) in [6.45, 7) is 0. The minimum absolute atomic E-state index is 0.765. The minimum atomic E-state index is 0.765. The van der Waals surface area contributed by atoms with Gasteiger partial charge in [-0.25, -0.2) is 0 Å². The van der Waals surface area contributed by atoms with Gasteiger partial charge in [-0.2, -0.15) is 0 Å². The van der Waals surface area contributed by atoms with Crippen LogP contribution in [0.25, 0.3) is 0 Å². The highest BCUT2D eigenvalue weighted by Crippen LogP contribution is 2.63. The molecule has 0 radical (unpaired) electrons. The van der Waals surface area contributed by atoms with Crippen molar-refractivity contribution in [3.05, 3.63) is 35.9 Å². The molecule has 3 rings (SSSR count). The van der Waals surface area contributed by atoms with E-state index in [9.17, 15) is 0 Å². The van der Waals surface area contributed by atoms with Gasteiger partial charge in [-0.1, -0.05) is 36.8 Å². The predicted molar refractivity (Wildman–Crippen MR) is 54.7 cm³/mol. The van der Waals surface area contributed by atoms with Crippen LogP contribution < -0.4 is 0 Å². The molecule has 2 fully saturated rings. The van der Waals surface area contributed by atoms with Gasteiger partial charge < -0.3 is 0 Å². The fourth-order valence-corrected chi connectivity index (χ4v) is 3.13. The van der Waals surface area contributed by atoms with Crippen LogP contribution in [0.5, 0.6) is 0 Å². The Hall–Kier alpha value is -0.780. The second-order valence-electron chi connectivity index (χ2n) is 4.72. The summed E-state index contributed by atoms with van der Waals surface area (Å²) in [6.07, 6.45) is 7.39. The van der Waals surface area contributed by atoms with Gasteiger partial charge in [0.1, 0.15) is 0 Å². The summed E-state index contributed by atoms with van der Waals surface area (Å²) in [4.78, 5) is 0. The zero-order chi connectivity index (χ0) is 8.73. The molecule has 0 saturated heterocycles. The molecule has 1 unspecified atom stereocenters. The van der Waals surface area contributed by atoms with Crippen LogP contribution in [0.15, 0.2) is 30.3 Å². The van der Waals surface area contributed by atoms with Gasteiger partial charge in [0.25, 0.3) is 0 Å². The molecule has 13 heavy (non-hydrogen) atoms. The van der Waals surface area contributed by atoms with Gasteiger partial charge in [0, 0.05) is 0 Å². The molecular weight excluding hydrogens is 156 g/mol. The molecule has 0 heterocycles. The third-order valence-electron chi connectivity index (χ3n) is 4.22. The molecule has 0 bridgehead atoms. The second-order valence-corrected chi connectivity index (χ2v) is 4.72. The molecule has 1 atom stereocenters. The van der Waals surface area contributed by atoms with Crippen molar-refractivity contribution in [2.45, 2.75) is 38.0 Å². The van der Waals surface area contributed by atoms with Crippen LogP contribution in [0.1, 0.15) is 43.6 Å². The number of hydrogen-bond acceptors (Lipinski definition) is 0. The molecule has 1 spiro atoms. The number of rotatable bonds is 1. The van der Waals surface area contributed by atoms with Crippen LogP contribution in [0.3, 0.4) is 0 Å². The first kappa shape index (κ1) is 7.61. The third-order valence-corrected chi connectivity index (χ3v) is 4.22. The van der Waals surface area contributed by atoms with Gasteiger partial charge in [0.15, 0.2) is 0 Å². The lowest BCUT2D eigenvalue weighted by Gasteiger charge is -2.56. The molecule has 68 valence electrons. The van der Waals surface area contributed by atoms with E-state index in [1.807, 2.05) is 0 Å². The second kappa shape index (κ2) is 2.60. The van der Waals surface area contributed by atoms with E-state index >= 15 is 0 Å². The summed E-state index contributed by atoms with van der Waals surface area (Å²) in [5.74, 6) is 0.905. The fourth-order valence-electron chi connectivity index (χ4n) is 3.13. The standard InChI is InChI=1S/C13H16/c1-2-5-11(6-3-1)12-7-10-13(12)8-4-9-13/h1-3,5-6,12H,4,7-10H2. The van der Waals surface area contributed by atoms with Gasteiger partial charge in [-0.05, 0) is 42.6 Å². The maximum Gasteiger partial charge on any atom is -0.0105 e. The first-order valence-electron chi connectivity index (χ1n) is 5.46. The Morgan fingerprint density at radius 3 is 2.23 bits per heavy atom. The first-order valence-corrected chi connectivity index (χ1v) is 5.46. The zero-order valence-electron chi connectivity index (χ0n) is 8.00. The molecule has 0 nitrogen and oxygen atoms in total. The average Bonchev–Trinajstić information content (AvgIpc) is 2.01. The van der Waals surface area contributed by atoms with Crippen molar-refractivity contribution >= 4 is 0 Å². The molecule has 2 saturated carbocycles. The summed E-state index contributed by atoms with van der Waals surface area (Å²) in [5, 5.41) is 0. The van der Waals surface area contributed by atoms with Crippen LogP contribution in [0.2, 0.25) is 0 Å². The van der Waals surface area contributed by atoms with E-state index in [2.05, 4.69) is 30.3 Å². The highest BCUT2D eigenvalue weighted by molar-refractivity contribution is 5.26. The number of benzene rings is 1. The Kier molecular flexibility index (Phi) is 1.52. The van der Waals surface area contributed by atoms with Crippen molar-refractivity contribution in [1.29, 1.82) is 0 Å². The minimum Gasteiger partial charge on any atom is -0.0622 e. The monoisotopic (exact) mass is 172 g/mol. The molecule has 1 aromatic rings.